The van der Waals surface area contributed by atoms with Crippen LogP contribution in [-0.2, 0) is 192 Å². The molecule has 0 radical (unpaired) electrons. The second-order valence-corrected chi connectivity index (χ2v) is 28.0. The number of carbonyl (C=O) groups excluding carboxylic acids is 9. The van der Waals surface area contributed by atoms with Crippen molar-refractivity contribution in [1.82, 2.24) is 82.2 Å². The zero-order valence-corrected chi connectivity index (χ0v) is 79.1. The van der Waals surface area contributed by atoms with Crippen molar-refractivity contribution in [2.45, 2.75) is 206 Å². The second kappa shape index (κ2) is 62.0. The molecule has 0 aliphatic rings. The average Bonchev–Trinajstić information content (AvgIpc) is 0.775. The van der Waals surface area contributed by atoms with Gasteiger partial charge in [-0.25, -0.2) is 203 Å². The van der Waals surface area contributed by atoms with E-state index in [1.54, 1.807) is 0 Å². The van der Waals surface area contributed by atoms with Crippen LogP contribution in [0.25, 0.3) is 0 Å². The first-order chi connectivity index (χ1) is 67.6. The molecule has 0 N–H and O–H groups in total. The van der Waals surface area contributed by atoms with Crippen LogP contribution in [0.2, 0.25) is 0 Å². The zero-order valence-electron chi connectivity index (χ0n) is 79.1. The standard InChI is InChI=1S/2C18H21N3O9.C15H15N3O9.C14H21N3O3.C13H15N3O3.C11H11N3O3/c1-10(2)13(22)28-7-19-16(25)20(8-29-14(23)11(3)4)18(27)21(17(19)26)9-30-15(24)12(5)6;1-4-13(22)28-10-7-19-16(25)20(8-11-29-14(23)5-2)18(27)21(17(19)26)9-12-30-15(24)6-3;1-4-10(19)25-7-16-13(22)17(8-26-11(20)5-2)15(24)18(14(16)23)9-27-12(21)6-3;1-4-7-10-16-12(18)15(9-6-3)13(19)17(14(16)20)11-8-5-2;1-4-7-10-16-12(18)14(8-5-2)11(17)15(9-6-3)13(16)19;1-4-7-8-14-10(16)12(5-2)9(15)13(6-3)11(14)17/h1,3,5,7-9H2,2,4,6H3;4-6H,1-3,7-12H2;4-6H,1-3,7-9H2;3H,4-5,7-11H2,1-2H3;2-3H,4,7-10H2,1H3;2-3H,4,7-8H2,1H3. The highest BCUT2D eigenvalue weighted by atomic mass is 16.6. The van der Waals surface area contributed by atoms with Gasteiger partial charge < -0.3 is 42.6 Å². The summed E-state index contributed by atoms with van der Waals surface area (Å²) >= 11 is 0. The molecule has 0 aromatic carbocycles. The van der Waals surface area contributed by atoms with Crippen molar-refractivity contribution in [2.24, 2.45) is 0 Å². The van der Waals surface area contributed by atoms with Crippen molar-refractivity contribution in [3.05, 3.63) is 301 Å². The van der Waals surface area contributed by atoms with E-state index in [4.69, 9.17) is 60.5 Å². The molecule has 6 heterocycles. The Labute approximate surface area is 807 Å². The second-order valence-electron chi connectivity index (χ2n) is 28.0. The maximum atomic E-state index is 12.6. The lowest BCUT2D eigenvalue weighted by atomic mass is 10.3. The monoisotopic (exact) mass is 2000 g/mol. The van der Waals surface area contributed by atoms with Crippen molar-refractivity contribution in [3.8, 4) is 62.0 Å². The smallest absolute Gasteiger partial charge is 0.360 e. The van der Waals surface area contributed by atoms with Gasteiger partial charge >= 0.3 is 156 Å². The summed E-state index contributed by atoms with van der Waals surface area (Å²) in [5.74, 6) is -1.07. The lowest BCUT2D eigenvalue weighted by molar-refractivity contribution is -0.145. The van der Waals surface area contributed by atoms with E-state index < -0.39 is 197 Å². The first-order valence-electron chi connectivity index (χ1n) is 41.8. The summed E-state index contributed by atoms with van der Waals surface area (Å²) in [7, 11) is 0. The highest BCUT2D eigenvalue weighted by Gasteiger charge is 2.25. The maximum Gasteiger partial charge on any atom is 0.360 e. The molecule has 0 spiro atoms. The van der Waals surface area contributed by atoms with Gasteiger partial charge in [-0.05, 0) is 46.5 Å². The van der Waals surface area contributed by atoms with E-state index >= 15 is 0 Å². The van der Waals surface area contributed by atoms with Gasteiger partial charge in [-0.2, -0.15) is 9.13 Å². The Morgan fingerprint density at radius 1 is 0.238 bits per heavy atom. The molecule has 54 nitrogen and oxygen atoms in total. The fraction of sp³-hybridized carbons (Fsp3) is 0.382. The highest BCUT2D eigenvalue weighted by Crippen LogP contribution is 2.00. The zero-order chi connectivity index (χ0) is 109. The van der Waals surface area contributed by atoms with Gasteiger partial charge in [0.15, 0.2) is 40.4 Å². The van der Waals surface area contributed by atoms with E-state index in [-0.39, 0.29) is 88.9 Å². The van der Waals surface area contributed by atoms with Crippen LogP contribution >= 0.6 is 0 Å². The predicted molar refractivity (Wildman–Crippen MR) is 505 cm³/mol. The van der Waals surface area contributed by atoms with E-state index in [0.717, 1.165) is 94.1 Å². The van der Waals surface area contributed by atoms with Gasteiger partial charge in [-0.1, -0.05) is 143 Å². The number of ether oxygens (including phenoxy) is 9. The quantitative estimate of drug-likeness (QED) is 0.0149. The van der Waals surface area contributed by atoms with Crippen molar-refractivity contribution in [1.29, 1.82) is 0 Å². The fourth-order valence-corrected chi connectivity index (χ4v) is 10.4. The average molecular weight is 2000 g/mol. The van der Waals surface area contributed by atoms with Crippen molar-refractivity contribution in [3.63, 3.8) is 0 Å². The lowest BCUT2D eigenvalue weighted by Crippen LogP contribution is -2.55. The van der Waals surface area contributed by atoms with Crippen LogP contribution in [0.4, 0.5) is 0 Å². The molecule has 0 bridgehead atoms. The van der Waals surface area contributed by atoms with Crippen LogP contribution in [0, 0.1) is 62.0 Å². The van der Waals surface area contributed by atoms with Gasteiger partial charge in [0.1, 0.15) is 19.8 Å². The molecule has 0 atom stereocenters. The van der Waals surface area contributed by atoms with E-state index in [1.807, 2.05) is 39.8 Å². The van der Waals surface area contributed by atoms with Crippen LogP contribution in [-0.4, -0.2) is 156 Å². The number of unbranched alkanes of at least 4 members (excludes halogenated alkanes) is 4. The summed E-state index contributed by atoms with van der Waals surface area (Å²) < 4.78 is 54.3. The molecule has 0 saturated heterocycles. The number of nitrogens with zero attached hydrogens (tertiary/aromatic N) is 18. The molecule has 0 aliphatic heterocycles. The number of rotatable bonds is 45. The molecule has 0 saturated carbocycles. The van der Waals surface area contributed by atoms with Gasteiger partial charge in [-0.3, -0.25) is 0 Å². The van der Waals surface area contributed by atoms with Gasteiger partial charge in [-0.15, -0.1) is 19.3 Å². The molecule has 0 amide bonds. The van der Waals surface area contributed by atoms with Gasteiger partial charge in [0, 0.05) is 91.4 Å². The Morgan fingerprint density at radius 2 is 0.399 bits per heavy atom. The molecule has 0 fully saturated rings. The Kier molecular flexibility index (Phi) is 53.0. The maximum absolute atomic E-state index is 12.6. The third kappa shape index (κ3) is 35.3. The normalized spacial score (nSPS) is 9.97. The van der Waals surface area contributed by atoms with Crippen LogP contribution in [0.5, 0.6) is 0 Å². The van der Waals surface area contributed by atoms with Crippen molar-refractivity contribution >= 4 is 53.7 Å². The Balaban J connectivity index is 0.000000868. The van der Waals surface area contributed by atoms with Crippen LogP contribution in [0.1, 0.15) is 99.8 Å². The van der Waals surface area contributed by atoms with Crippen LogP contribution in [0.3, 0.4) is 0 Å². The Morgan fingerprint density at radius 3 is 0.573 bits per heavy atom. The van der Waals surface area contributed by atoms with Gasteiger partial charge in [0.05, 0.1) is 39.3 Å². The fourth-order valence-electron chi connectivity index (χ4n) is 10.4. The third-order valence-electron chi connectivity index (χ3n) is 17.8. The topological polar surface area (TPSA) is 633 Å². The number of aromatic nitrogens is 18. The Bertz CT molecular complexity index is 6700. The van der Waals surface area contributed by atoms with Crippen LogP contribution in [0.15, 0.2) is 199 Å². The first kappa shape index (κ1) is 122. The summed E-state index contributed by atoms with van der Waals surface area (Å²) in [4.78, 5) is 321. The molecular weight excluding hydrogens is 1900 g/mol. The molecule has 6 rings (SSSR count). The molecule has 54 heteroatoms. The van der Waals surface area contributed by atoms with Gasteiger partial charge in [0.25, 0.3) is 0 Å². The summed E-state index contributed by atoms with van der Waals surface area (Å²) in [5.41, 5.74) is -16.9. The number of hydrogen-bond acceptors (Lipinski definition) is 36. The molecule has 6 aromatic heterocycles. The molecule has 0 aliphatic carbocycles. The molecule has 6 aromatic rings. The predicted octanol–water partition coefficient (Wildman–Crippen LogP) is -5.51. The summed E-state index contributed by atoms with van der Waals surface area (Å²) in [5, 5.41) is 0. The summed E-state index contributed by atoms with van der Waals surface area (Å²) in [6, 6.07) is 3.80. The largest absolute Gasteiger partial charge is 0.461 e. The number of carbonyl (C=O) groups is 9. The van der Waals surface area contributed by atoms with Crippen molar-refractivity contribution < 1.29 is 85.8 Å². The minimum absolute atomic E-state index is 0.00229. The van der Waals surface area contributed by atoms with E-state index in [0.29, 0.717) is 89.0 Å². The number of terminal acetylenes is 5. The highest BCUT2D eigenvalue weighted by molar-refractivity contribution is 5.88. The summed E-state index contributed by atoms with van der Waals surface area (Å²) in [6.45, 7) is 34.3. The number of hydrogen-bond donors (Lipinski definition) is 0. The Hall–Kier alpha value is -18.8. The molecule has 0 unspecified atom stereocenters. The van der Waals surface area contributed by atoms with Crippen molar-refractivity contribution in [2.75, 3.05) is 19.8 Å². The van der Waals surface area contributed by atoms with E-state index in [1.165, 1.54) is 20.8 Å². The van der Waals surface area contributed by atoms with E-state index in [2.05, 4.69) is 91.2 Å². The van der Waals surface area contributed by atoms with Gasteiger partial charge in [0.2, 0.25) is 0 Å². The van der Waals surface area contributed by atoms with E-state index in [9.17, 15) is 129 Å². The SMILES string of the molecule is C#CCn1c(=O)n(CC#C)c(=O)n(CCCC)c1=O.C#CCn1c(=O)n(CCCC)c(=O)n(CCCC)c1=O.C#Cn1c(=O)n(C#C)c(=O)n(CCCC)c1=O.C=C(C)C(=O)OCn1c(=O)n(COC(=O)C(=C)C)c(=O)n(COC(=O)C(=C)C)c1=O.C=CC(=O)OCCn1c(=O)n(CCOC(=O)C=C)c(=O)n(CCOC(=O)C=C)c1=O.C=CC(=O)OCn1c(=O)n(COC(=O)C=C)c(=O)n(COC(=O)C=C)c1=O. The number of esters is 9. The molecular formula is C89H104N18O36. The third-order valence-corrected chi connectivity index (χ3v) is 17.8. The lowest BCUT2D eigenvalue weighted by Gasteiger charge is -2.14. The molecule has 766 valence electrons. The first-order valence-corrected chi connectivity index (χ1v) is 41.8. The van der Waals surface area contributed by atoms with Crippen LogP contribution < -0.4 is 102 Å². The minimum Gasteiger partial charge on any atom is -0.461 e. The summed E-state index contributed by atoms with van der Waals surface area (Å²) in [6.07, 6.45) is 36.6. The minimum atomic E-state index is -1.23. The molecule has 143 heavy (non-hydrogen) atoms.